The number of rotatable bonds is 4. The monoisotopic (exact) mass is 361 g/mol. The second kappa shape index (κ2) is 6.56. The molecule has 2 aromatic carbocycles. The molecule has 4 rings (SSSR count). The summed E-state index contributed by atoms with van der Waals surface area (Å²) in [5.74, 6) is 0.436. The van der Waals surface area contributed by atoms with Crippen LogP contribution < -0.4 is 9.47 Å². The number of carbonyl (C=O) groups excluding carboxylic acids is 1. The number of hydrogen-bond donors (Lipinski definition) is 0. The maximum atomic E-state index is 14.2. The van der Waals surface area contributed by atoms with E-state index in [1.54, 1.807) is 35.2 Å². The molecular weight excluding hydrogens is 345 g/mol. The first-order valence-corrected chi connectivity index (χ1v) is 8.65. The van der Waals surface area contributed by atoms with Gasteiger partial charge in [0, 0.05) is 16.6 Å². The summed E-state index contributed by atoms with van der Waals surface area (Å²) >= 11 is 6.14. The average Bonchev–Trinajstić information content (AvgIpc) is 3.45. The van der Waals surface area contributed by atoms with Crippen LogP contribution in [0, 0.1) is 5.82 Å². The van der Waals surface area contributed by atoms with E-state index in [1.807, 2.05) is 0 Å². The number of hydrogen-bond acceptors (Lipinski definition) is 3. The molecule has 0 saturated heterocycles. The summed E-state index contributed by atoms with van der Waals surface area (Å²) in [6.07, 6.45) is 1.81. The summed E-state index contributed by atoms with van der Waals surface area (Å²) in [7, 11) is 0. The predicted octanol–water partition coefficient (Wildman–Crippen LogP) is 4.06. The van der Waals surface area contributed by atoms with Crippen molar-refractivity contribution in [2.75, 3.05) is 13.2 Å². The molecule has 0 N–H and O–H groups in total. The highest BCUT2D eigenvalue weighted by Crippen LogP contribution is 2.37. The van der Waals surface area contributed by atoms with Gasteiger partial charge in [-0.2, -0.15) is 0 Å². The van der Waals surface area contributed by atoms with Gasteiger partial charge < -0.3 is 14.4 Å². The van der Waals surface area contributed by atoms with Gasteiger partial charge in [0.2, 0.25) is 0 Å². The molecule has 1 aliphatic carbocycles. The highest BCUT2D eigenvalue weighted by molar-refractivity contribution is 6.31. The number of halogens is 2. The van der Waals surface area contributed by atoms with E-state index in [4.69, 9.17) is 21.1 Å². The standard InChI is InChI=1S/C19H17ClFNO3/c20-15-4-2-5-16(21)14(15)11-22(12-7-8-12)19(23)13-3-1-6-17-18(13)25-10-9-24-17/h1-6,12H,7-11H2. The molecule has 130 valence electrons. The van der Waals surface area contributed by atoms with E-state index in [0.29, 0.717) is 40.9 Å². The van der Waals surface area contributed by atoms with Crippen molar-refractivity contribution in [3.63, 3.8) is 0 Å². The van der Waals surface area contributed by atoms with Crippen LogP contribution in [-0.4, -0.2) is 30.1 Å². The third-order valence-electron chi connectivity index (χ3n) is 4.44. The molecule has 2 aliphatic rings. The molecule has 1 saturated carbocycles. The van der Waals surface area contributed by atoms with E-state index in [0.717, 1.165) is 12.8 Å². The lowest BCUT2D eigenvalue weighted by Gasteiger charge is -2.26. The Balaban J connectivity index is 1.67. The molecule has 0 spiro atoms. The van der Waals surface area contributed by atoms with Crippen molar-refractivity contribution in [3.05, 3.63) is 58.4 Å². The Bertz CT molecular complexity index is 802. The van der Waals surface area contributed by atoms with Crippen LogP contribution in [-0.2, 0) is 6.54 Å². The summed E-state index contributed by atoms with van der Waals surface area (Å²) in [6, 6.07) is 9.91. The van der Waals surface area contributed by atoms with Crippen molar-refractivity contribution in [1.29, 1.82) is 0 Å². The van der Waals surface area contributed by atoms with Gasteiger partial charge in [-0.25, -0.2) is 4.39 Å². The van der Waals surface area contributed by atoms with E-state index < -0.39 is 5.82 Å². The topological polar surface area (TPSA) is 38.8 Å². The van der Waals surface area contributed by atoms with Gasteiger partial charge >= 0.3 is 0 Å². The number of carbonyl (C=O) groups is 1. The van der Waals surface area contributed by atoms with Crippen molar-refractivity contribution in [2.45, 2.75) is 25.4 Å². The lowest BCUT2D eigenvalue weighted by Crippen LogP contribution is -2.34. The number of ether oxygens (including phenoxy) is 2. The second-order valence-corrected chi connectivity index (χ2v) is 6.60. The van der Waals surface area contributed by atoms with Gasteiger partial charge in [-0.15, -0.1) is 0 Å². The number of fused-ring (bicyclic) bond motifs is 1. The van der Waals surface area contributed by atoms with Gasteiger partial charge in [0.1, 0.15) is 19.0 Å². The van der Waals surface area contributed by atoms with E-state index in [2.05, 4.69) is 0 Å². The highest BCUT2D eigenvalue weighted by Gasteiger charge is 2.35. The highest BCUT2D eigenvalue weighted by atomic mass is 35.5. The fourth-order valence-corrected chi connectivity index (χ4v) is 3.23. The van der Waals surface area contributed by atoms with Crippen molar-refractivity contribution < 1.29 is 18.7 Å². The third-order valence-corrected chi connectivity index (χ3v) is 4.79. The molecule has 0 radical (unpaired) electrons. The molecule has 2 aromatic rings. The Morgan fingerprint density at radius 3 is 2.68 bits per heavy atom. The number of para-hydroxylation sites is 1. The van der Waals surface area contributed by atoms with Crippen LogP contribution in [0.25, 0.3) is 0 Å². The Hall–Kier alpha value is -2.27. The number of amides is 1. The SMILES string of the molecule is O=C(c1cccc2c1OCCO2)N(Cc1c(F)cccc1Cl)C1CC1. The van der Waals surface area contributed by atoms with Gasteiger partial charge in [0.15, 0.2) is 11.5 Å². The molecular formula is C19H17ClFNO3. The zero-order valence-corrected chi connectivity index (χ0v) is 14.3. The smallest absolute Gasteiger partial charge is 0.258 e. The minimum absolute atomic E-state index is 0.100. The maximum absolute atomic E-state index is 14.2. The fourth-order valence-electron chi connectivity index (χ4n) is 3.00. The lowest BCUT2D eigenvalue weighted by molar-refractivity contribution is 0.0718. The summed E-state index contributed by atoms with van der Waals surface area (Å²) in [5, 5.41) is 0.327. The van der Waals surface area contributed by atoms with E-state index in [-0.39, 0.29) is 18.5 Å². The Morgan fingerprint density at radius 2 is 1.92 bits per heavy atom. The normalized spacial score (nSPS) is 15.8. The molecule has 0 unspecified atom stereocenters. The first-order valence-electron chi connectivity index (χ1n) is 8.27. The molecule has 25 heavy (non-hydrogen) atoms. The predicted molar refractivity (Wildman–Crippen MR) is 91.7 cm³/mol. The Labute approximate surface area is 150 Å². The van der Waals surface area contributed by atoms with Crippen molar-refractivity contribution in [1.82, 2.24) is 4.90 Å². The van der Waals surface area contributed by atoms with E-state index in [9.17, 15) is 9.18 Å². The van der Waals surface area contributed by atoms with Crippen LogP contribution in [0.3, 0.4) is 0 Å². The summed E-state index contributed by atoms with van der Waals surface area (Å²) in [5.41, 5.74) is 0.781. The number of nitrogens with zero attached hydrogens (tertiary/aromatic N) is 1. The van der Waals surface area contributed by atoms with Crippen molar-refractivity contribution in [3.8, 4) is 11.5 Å². The van der Waals surface area contributed by atoms with E-state index >= 15 is 0 Å². The van der Waals surface area contributed by atoms with Crippen LogP contribution >= 0.6 is 11.6 Å². The van der Waals surface area contributed by atoms with Crippen molar-refractivity contribution in [2.24, 2.45) is 0 Å². The Kier molecular flexibility index (Phi) is 4.25. The zero-order chi connectivity index (χ0) is 17.4. The molecule has 0 atom stereocenters. The summed E-state index contributed by atoms with van der Waals surface area (Å²) in [6.45, 7) is 1.00. The molecule has 0 aromatic heterocycles. The molecule has 1 aliphatic heterocycles. The summed E-state index contributed by atoms with van der Waals surface area (Å²) in [4.78, 5) is 14.8. The summed E-state index contributed by atoms with van der Waals surface area (Å²) < 4.78 is 25.4. The molecule has 0 bridgehead atoms. The molecule has 6 heteroatoms. The van der Waals surface area contributed by atoms with Crippen LogP contribution in [0.2, 0.25) is 5.02 Å². The largest absolute Gasteiger partial charge is 0.486 e. The van der Waals surface area contributed by atoms with Gasteiger partial charge in [0.05, 0.1) is 12.1 Å². The molecule has 1 heterocycles. The second-order valence-electron chi connectivity index (χ2n) is 6.19. The quantitative estimate of drug-likeness (QED) is 0.824. The lowest BCUT2D eigenvalue weighted by atomic mass is 10.1. The minimum Gasteiger partial charge on any atom is -0.486 e. The van der Waals surface area contributed by atoms with Crippen LogP contribution in [0.15, 0.2) is 36.4 Å². The fraction of sp³-hybridized carbons (Fsp3) is 0.316. The van der Waals surface area contributed by atoms with Gasteiger partial charge in [0.25, 0.3) is 5.91 Å². The van der Waals surface area contributed by atoms with Crippen LogP contribution in [0.4, 0.5) is 4.39 Å². The Morgan fingerprint density at radius 1 is 1.16 bits per heavy atom. The number of benzene rings is 2. The zero-order valence-electron chi connectivity index (χ0n) is 13.5. The van der Waals surface area contributed by atoms with Crippen molar-refractivity contribution >= 4 is 17.5 Å². The molecule has 1 amide bonds. The third kappa shape index (κ3) is 3.16. The van der Waals surface area contributed by atoms with Gasteiger partial charge in [-0.1, -0.05) is 23.7 Å². The first-order chi connectivity index (χ1) is 12.1. The maximum Gasteiger partial charge on any atom is 0.258 e. The molecule has 4 nitrogen and oxygen atoms in total. The minimum atomic E-state index is -0.402. The first kappa shape index (κ1) is 16.2. The van der Waals surface area contributed by atoms with Crippen LogP contribution in [0.1, 0.15) is 28.8 Å². The average molecular weight is 362 g/mol. The van der Waals surface area contributed by atoms with Gasteiger partial charge in [-0.3, -0.25) is 4.79 Å². The van der Waals surface area contributed by atoms with Crippen LogP contribution in [0.5, 0.6) is 11.5 Å². The van der Waals surface area contributed by atoms with E-state index in [1.165, 1.54) is 6.07 Å². The molecule has 1 fully saturated rings. The van der Waals surface area contributed by atoms with Gasteiger partial charge in [-0.05, 0) is 37.1 Å².